The number of amides is 1. The Labute approximate surface area is 172 Å². The Balaban J connectivity index is 1.48. The maximum atomic E-state index is 13.1. The molecular weight excluding hydrogens is 364 g/mol. The van der Waals surface area contributed by atoms with Crippen LogP contribution in [0.1, 0.15) is 53.4 Å². The molecule has 2 aliphatic rings. The summed E-state index contributed by atoms with van der Waals surface area (Å²) in [5.41, 5.74) is 2.24. The maximum Gasteiger partial charge on any atom is 0.257 e. The van der Waals surface area contributed by atoms with Crippen LogP contribution in [-0.4, -0.2) is 52.1 Å². The molecule has 6 heteroatoms. The Morgan fingerprint density at radius 1 is 1.14 bits per heavy atom. The molecule has 0 unspecified atom stereocenters. The van der Waals surface area contributed by atoms with Crippen LogP contribution in [0, 0.1) is 19.8 Å². The number of likely N-dealkylation sites (tertiary alicyclic amines) is 1. The highest BCUT2D eigenvalue weighted by Gasteiger charge is 2.40. The van der Waals surface area contributed by atoms with Crippen LogP contribution in [0.2, 0.25) is 0 Å². The largest absolute Gasteiger partial charge is 0.383 e. The van der Waals surface area contributed by atoms with Crippen molar-refractivity contribution in [3.63, 3.8) is 0 Å². The van der Waals surface area contributed by atoms with Gasteiger partial charge in [-0.15, -0.1) is 0 Å². The monoisotopic (exact) mass is 394 g/mol. The molecule has 6 nitrogen and oxygen atoms in total. The fourth-order valence-electron chi connectivity index (χ4n) is 4.26. The van der Waals surface area contributed by atoms with Crippen molar-refractivity contribution in [2.24, 2.45) is 5.92 Å². The van der Waals surface area contributed by atoms with E-state index < -0.39 is 5.60 Å². The van der Waals surface area contributed by atoms with Gasteiger partial charge in [0.25, 0.3) is 5.91 Å². The van der Waals surface area contributed by atoms with Crippen molar-refractivity contribution in [3.8, 4) is 0 Å². The zero-order chi connectivity index (χ0) is 20.6. The van der Waals surface area contributed by atoms with E-state index in [1.54, 1.807) is 11.1 Å². The highest BCUT2D eigenvalue weighted by molar-refractivity contribution is 5.95. The minimum Gasteiger partial charge on any atom is -0.383 e. The van der Waals surface area contributed by atoms with Crippen molar-refractivity contribution in [1.29, 1.82) is 0 Å². The van der Waals surface area contributed by atoms with Crippen molar-refractivity contribution >= 4 is 11.9 Å². The zero-order valence-corrected chi connectivity index (χ0v) is 17.6. The van der Waals surface area contributed by atoms with E-state index in [2.05, 4.69) is 21.8 Å². The normalized spacial score (nSPS) is 22.9. The van der Waals surface area contributed by atoms with E-state index in [1.165, 1.54) is 0 Å². The Bertz CT molecular complexity index is 890. The molecule has 154 valence electrons. The molecule has 0 radical (unpaired) electrons. The number of benzene rings is 1. The molecule has 1 aromatic carbocycles. The molecule has 1 aromatic heterocycles. The van der Waals surface area contributed by atoms with Crippen LogP contribution in [0.5, 0.6) is 0 Å². The van der Waals surface area contributed by atoms with Gasteiger partial charge < -0.3 is 14.9 Å². The number of aryl methyl sites for hydroxylation is 2. The molecule has 0 saturated carbocycles. The van der Waals surface area contributed by atoms with E-state index in [1.807, 2.05) is 38.1 Å². The summed E-state index contributed by atoms with van der Waals surface area (Å²) in [4.78, 5) is 26.1. The second-order valence-electron chi connectivity index (χ2n) is 8.71. The molecule has 1 N–H and O–H groups in total. The average molecular weight is 395 g/mol. The number of hydrogen-bond acceptors (Lipinski definition) is 5. The van der Waals surface area contributed by atoms with E-state index in [-0.39, 0.29) is 5.91 Å². The number of rotatable bonds is 3. The third-order valence-electron chi connectivity index (χ3n) is 6.39. The summed E-state index contributed by atoms with van der Waals surface area (Å²) in [6, 6.07) is 7.89. The number of aromatic nitrogens is 2. The number of aliphatic hydroxyl groups is 1. The summed E-state index contributed by atoms with van der Waals surface area (Å²) in [6.45, 7) is 8.91. The van der Waals surface area contributed by atoms with Crippen LogP contribution in [0.15, 0.2) is 30.5 Å². The van der Waals surface area contributed by atoms with Gasteiger partial charge in [0.2, 0.25) is 5.95 Å². The van der Waals surface area contributed by atoms with Gasteiger partial charge in [0, 0.05) is 25.8 Å². The van der Waals surface area contributed by atoms with Gasteiger partial charge in [0.1, 0.15) is 5.60 Å². The van der Waals surface area contributed by atoms with Crippen LogP contribution in [0.4, 0.5) is 5.95 Å². The first kappa shape index (κ1) is 19.8. The van der Waals surface area contributed by atoms with E-state index in [0.717, 1.165) is 43.0 Å². The molecule has 1 atom stereocenters. The molecule has 1 amide bonds. The van der Waals surface area contributed by atoms with Gasteiger partial charge in [-0.2, -0.15) is 0 Å². The van der Waals surface area contributed by atoms with E-state index >= 15 is 0 Å². The van der Waals surface area contributed by atoms with Crippen molar-refractivity contribution < 1.29 is 9.90 Å². The third-order valence-corrected chi connectivity index (χ3v) is 6.39. The molecule has 0 spiro atoms. The van der Waals surface area contributed by atoms with Gasteiger partial charge in [-0.25, -0.2) is 9.97 Å². The predicted octanol–water partition coefficient (Wildman–Crippen LogP) is 3.06. The Morgan fingerprint density at radius 3 is 2.48 bits per heavy atom. The first-order valence-electron chi connectivity index (χ1n) is 10.5. The van der Waals surface area contributed by atoms with Crippen molar-refractivity contribution in [2.75, 3.05) is 31.1 Å². The highest BCUT2D eigenvalue weighted by atomic mass is 16.3. The lowest BCUT2D eigenvalue weighted by Gasteiger charge is -2.30. The van der Waals surface area contributed by atoms with Gasteiger partial charge in [-0.1, -0.05) is 36.8 Å². The van der Waals surface area contributed by atoms with Crippen LogP contribution in [0.25, 0.3) is 0 Å². The van der Waals surface area contributed by atoms with Gasteiger partial charge in [-0.05, 0) is 44.6 Å². The van der Waals surface area contributed by atoms with Crippen LogP contribution in [0.3, 0.4) is 0 Å². The lowest BCUT2D eigenvalue weighted by atomic mass is 9.92. The summed E-state index contributed by atoms with van der Waals surface area (Å²) in [7, 11) is 0. The molecule has 29 heavy (non-hydrogen) atoms. The molecular formula is C23H30N4O2. The van der Waals surface area contributed by atoms with Crippen molar-refractivity contribution in [1.82, 2.24) is 14.9 Å². The number of β-amino-alcohol motifs (C(OH)–C–C–N with tert-alkyl or cyclic N) is 1. The number of carbonyl (C=O) groups excluding carboxylic acids is 1. The number of hydrogen-bond donors (Lipinski definition) is 1. The fourth-order valence-corrected chi connectivity index (χ4v) is 4.26. The number of anilines is 1. The number of nitrogens with zero attached hydrogens (tertiary/aromatic N) is 4. The zero-order valence-electron chi connectivity index (χ0n) is 17.6. The predicted molar refractivity (Wildman–Crippen MR) is 113 cm³/mol. The maximum absolute atomic E-state index is 13.1. The SMILES string of the molecule is Cc1ccc([C@]2(O)CCN(C(=O)c3cnc(N4CCC(C)CC4)nc3C)C2)cc1. The van der Waals surface area contributed by atoms with Crippen molar-refractivity contribution in [2.45, 2.75) is 45.6 Å². The minimum absolute atomic E-state index is 0.107. The average Bonchev–Trinajstić information content (AvgIpc) is 3.12. The fraction of sp³-hybridized carbons (Fsp3) is 0.522. The Morgan fingerprint density at radius 2 is 1.83 bits per heavy atom. The molecule has 2 aliphatic heterocycles. The summed E-state index contributed by atoms with van der Waals surface area (Å²) < 4.78 is 0. The lowest BCUT2D eigenvalue weighted by molar-refractivity contribution is 0.0417. The third kappa shape index (κ3) is 3.99. The number of carbonyl (C=O) groups is 1. The smallest absolute Gasteiger partial charge is 0.257 e. The summed E-state index contributed by atoms with van der Waals surface area (Å²) >= 11 is 0. The van der Waals surface area contributed by atoms with E-state index in [9.17, 15) is 9.90 Å². The summed E-state index contributed by atoms with van der Waals surface area (Å²) in [5, 5.41) is 11.1. The van der Waals surface area contributed by atoms with Crippen LogP contribution in [-0.2, 0) is 5.60 Å². The molecule has 2 fully saturated rings. The molecule has 0 aliphatic carbocycles. The van der Waals surface area contributed by atoms with Crippen molar-refractivity contribution in [3.05, 3.63) is 52.8 Å². The van der Waals surface area contributed by atoms with Gasteiger partial charge in [-0.3, -0.25) is 4.79 Å². The molecule has 2 saturated heterocycles. The quantitative estimate of drug-likeness (QED) is 0.866. The first-order chi connectivity index (χ1) is 13.9. The van der Waals surface area contributed by atoms with E-state index in [4.69, 9.17) is 0 Å². The standard InChI is InChI=1S/C23H30N4O2/c1-16-4-6-19(7-5-16)23(29)10-13-27(15-23)21(28)20-14-24-22(25-18(20)3)26-11-8-17(2)9-12-26/h4-7,14,17,29H,8-13,15H2,1-3H3/t23-/m0/s1. The Kier molecular flexibility index (Phi) is 5.30. The first-order valence-corrected chi connectivity index (χ1v) is 10.5. The van der Waals surface area contributed by atoms with Gasteiger partial charge in [0.05, 0.1) is 17.8 Å². The summed E-state index contributed by atoms with van der Waals surface area (Å²) in [6.07, 6.45) is 4.48. The molecule has 0 bridgehead atoms. The topological polar surface area (TPSA) is 69.6 Å². The highest BCUT2D eigenvalue weighted by Crippen LogP contribution is 2.33. The van der Waals surface area contributed by atoms with Gasteiger partial charge in [0.15, 0.2) is 0 Å². The molecule has 3 heterocycles. The summed E-state index contributed by atoms with van der Waals surface area (Å²) in [5.74, 6) is 1.35. The van der Waals surface area contributed by atoms with Crippen LogP contribution >= 0.6 is 0 Å². The lowest BCUT2D eigenvalue weighted by Crippen LogP contribution is -2.36. The molecule has 4 rings (SSSR count). The second kappa shape index (κ2) is 7.75. The second-order valence-corrected chi connectivity index (χ2v) is 8.71. The minimum atomic E-state index is -0.997. The molecule has 2 aromatic rings. The van der Waals surface area contributed by atoms with Crippen LogP contribution < -0.4 is 4.90 Å². The van der Waals surface area contributed by atoms with Gasteiger partial charge >= 0.3 is 0 Å². The number of piperidine rings is 1. The van der Waals surface area contributed by atoms with E-state index in [0.29, 0.717) is 36.7 Å². The Hall–Kier alpha value is -2.47.